The Bertz CT molecular complexity index is 1520. The van der Waals surface area contributed by atoms with Crippen LogP contribution in [0, 0.1) is 5.13 Å². The number of hydrogen-bond acceptors (Lipinski definition) is 6. The highest BCUT2D eigenvalue weighted by Crippen LogP contribution is 2.33. The molecule has 0 saturated carbocycles. The van der Waals surface area contributed by atoms with E-state index in [1.54, 1.807) is 24.7 Å². The summed E-state index contributed by atoms with van der Waals surface area (Å²) in [5.41, 5.74) is 5.12. The molecule has 6 aromatic rings. The SMILES string of the molecule is Fc1ccc(-c2nccc3[nH]c(-c4n[nH]c5ncc(-c6ccccn6)cc45)nc23)s1. The molecule has 6 heterocycles. The number of thiophene rings is 1. The number of pyridine rings is 3. The first-order valence-electron chi connectivity index (χ1n) is 9.12. The summed E-state index contributed by atoms with van der Waals surface area (Å²) < 4.78 is 13.5. The van der Waals surface area contributed by atoms with Crippen LogP contribution in [-0.4, -0.2) is 35.1 Å². The van der Waals surface area contributed by atoms with Crippen LogP contribution in [0.25, 0.3) is 55.4 Å². The summed E-state index contributed by atoms with van der Waals surface area (Å²) >= 11 is 1.04. The number of aromatic nitrogens is 7. The summed E-state index contributed by atoms with van der Waals surface area (Å²) in [6, 6.07) is 12.7. The molecule has 0 radical (unpaired) electrons. The number of fused-ring (bicyclic) bond motifs is 2. The normalized spacial score (nSPS) is 11.5. The molecule has 0 atom stereocenters. The molecule has 2 N–H and O–H groups in total. The molecule has 0 amide bonds. The van der Waals surface area contributed by atoms with E-state index in [9.17, 15) is 4.39 Å². The summed E-state index contributed by atoms with van der Waals surface area (Å²) in [5.74, 6) is 0.586. The zero-order valence-electron chi connectivity index (χ0n) is 15.3. The molecule has 0 aliphatic heterocycles. The third-order valence-corrected chi connectivity index (χ3v) is 5.69. The molecule has 0 unspecified atom stereocenters. The lowest BCUT2D eigenvalue weighted by molar-refractivity contribution is 0.657. The molecule has 30 heavy (non-hydrogen) atoms. The Morgan fingerprint density at radius 1 is 0.933 bits per heavy atom. The predicted octanol–water partition coefficient (Wildman–Crippen LogP) is 4.83. The van der Waals surface area contributed by atoms with Gasteiger partial charge in [0, 0.05) is 24.2 Å². The molecule has 7 nitrogen and oxygen atoms in total. The van der Waals surface area contributed by atoms with Gasteiger partial charge < -0.3 is 4.98 Å². The maximum Gasteiger partial charge on any atom is 0.177 e. The maximum absolute atomic E-state index is 13.5. The minimum absolute atomic E-state index is 0.258. The Kier molecular flexibility index (Phi) is 3.68. The molecule has 0 aliphatic carbocycles. The van der Waals surface area contributed by atoms with E-state index < -0.39 is 0 Å². The first-order valence-corrected chi connectivity index (χ1v) is 9.94. The van der Waals surface area contributed by atoms with E-state index >= 15 is 0 Å². The summed E-state index contributed by atoms with van der Waals surface area (Å²) in [4.78, 5) is 22.0. The summed E-state index contributed by atoms with van der Waals surface area (Å²) in [7, 11) is 0. The standard InChI is InChI=1S/C21H12FN7S/c22-16-5-4-15(30-16)19-18-14(6-8-24-19)26-21(27-18)17-12-9-11(10-25-20(12)29-28-17)13-3-1-2-7-23-13/h1-10H,(H,26,27)(H,25,28,29). The van der Waals surface area contributed by atoms with Crippen molar-refractivity contribution in [2.45, 2.75) is 0 Å². The molecule has 0 aromatic carbocycles. The lowest BCUT2D eigenvalue weighted by Gasteiger charge is -2.00. The van der Waals surface area contributed by atoms with E-state index in [0.717, 1.165) is 38.4 Å². The molecule has 0 aliphatic rings. The zero-order chi connectivity index (χ0) is 20.1. The quantitative estimate of drug-likeness (QED) is 0.433. The minimum Gasteiger partial charge on any atom is -0.336 e. The molecular weight excluding hydrogens is 401 g/mol. The van der Waals surface area contributed by atoms with Gasteiger partial charge in [0.1, 0.15) is 16.9 Å². The maximum atomic E-state index is 13.5. The fourth-order valence-electron chi connectivity index (χ4n) is 3.43. The van der Waals surface area contributed by atoms with Gasteiger partial charge in [0.25, 0.3) is 0 Å². The topological polar surface area (TPSA) is 96.0 Å². The number of nitrogens with zero attached hydrogens (tertiary/aromatic N) is 5. The van der Waals surface area contributed by atoms with Gasteiger partial charge >= 0.3 is 0 Å². The van der Waals surface area contributed by atoms with Crippen molar-refractivity contribution in [1.29, 1.82) is 0 Å². The van der Waals surface area contributed by atoms with Gasteiger partial charge in [0.15, 0.2) is 16.6 Å². The van der Waals surface area contributed by atoms with Crippen LogP contribution in [0.15, 0.2) is 61.1 Å². The molecule has 144 valence electrons. The van der Waals surface area contributed by atoms with Gasteiger partial charge in [-0.2, -0.15) is 9.49 Å². The lowest BCUT2D eigenvalue weighted by atomic mass is 10.1. The van der Waals surface area contributed by atoms with Crippen molar-refractivity contribution in [1.82, 2.24) is 35.1 Å². The second kappa shape index (κ2) is 6.53. The number of rotatable bonds is 3. The van der Waals surface area contributed by atoms with Gasteiger partial charge in [-0.15, -0.1) is 11.3 Å². The van der Waals surface area contributed by atoms with E-state index in [4.69, 9.17) is 4.98 Å². The highest BCUT2D eigenvalue weighted by molar-refractivity contribution is 7.13. The van der Waals surface area contributed by atoms with Gasteiger partial charge in [0.05, 0.1) is 21.5 Å². The number of halogens is 1. The monoisotopic (exact) mass is 413 g/mol. The number of hydrogen-bond donors (Lipinski definition) is 2. The minimum atomic E-state index is -0.258. The molecule has 9 heteroatoms. The van der Waals surface area contributed by atoms with Crippen LogP contribution in [0.3, 0.4) is 0 Å². The van der Waals surface area contributed by atoms with Crippen LogP contribution in [0.4, 0.5) is 4.39 Å². The average Bonchev–Trinajstić information content (AvgIpc) is 3.51. The predicted molar refractivity (Wildman–Crippen MR) is 113 cm³/mol. The molecule has 0 bridgehead atoms. The van der Waals surface area contributed by atoms with Crippen LogP contribution < -0.4 is 0 Å². The van der Waals surface area contributed by atoms with E-state index in [-0.39, 0.29) is 5.13 Å². The Balaban J connectivity index is 1.52. The number of imidazole rings is 1. The van der Waals surface area contributed by atoms with Gasteiger partial charge in [-0.25, -0.2) is 9.97 Å². The zero-order valence-corrected chi connectivity index (χ0v) is 16.1. The first-order chi connectivity index (χ1) is 14.8. The Hall–Kier alpha value is -3.98. The lowest BCUT2D eigenvalue weighted by Crippen LogP contribution is -1.86. The molecule has 0 saturated heterocycles. The number of nitrogens with one attached hydrogen (secondary N) is 2. The Morgan fingerprint density at radius 3 is 2.73 bits per heavy atom. The molecular formula is C21H12FN7S. The van der Waals surface area contributed by atoms with Crippen LogP contribution in [0.5, 0.6) is 0 Å². The van der Waals surface area contributed by atoms with Gasteiger partial charge in [-0.05, 0) is 36.4 Å². The molecule has 0 spiro atoms. The van der Waals surface area contributed by atoms with Gasteiger partial charge in [-0.3, -0.25) is 15.1 Å². The molecule has 0 fully saturated rings. The number of H-pyrrole nitrogens is 2. The third kappa shape index (κ3) is 2.67. The van der Waals surface area contributed by atoms with Crippen molar-refractivity contribution in [2.24, 2.45) is 0 Å². The largest absolute Gasteiger partial charge is 0.336 e. The summed E-state index contributed by atoms with van der Waals surface area (Å²) in [6.45, 7) is 0. The Morgan fingerprint density at radius 2 is 1.90 bits per heavy atom. The van der Waals surface area contributed by atoms with Gasteiger partial charge in [-0.1, -0.05) is 6.07 Å². The fourth-order valence-corrected chi connectivity index (χ4v) is 4.16. The average molecular weight is 413 g/mol. The van der Waals surface area contributed by atoms with Crippen molar-refractivity contribution in [3.05, 3.63) is 66.2 Å². The highest BCUT2D eigenvalue weighted by Gasteiger charge is 2.17. The van der Waals surface area contributed by atoms with Crippen LogP contribution in [-0.2, 0) is 0 Å². The summed E-state index contributed by atoms with van der Waals surface area (Å²) in [5, 5.41) is 7.95. The second-order valence-electron chi connectivity index (χ2n) is 6.65. The Labute approximate surface area is 172 Å². The van der Waals surface area contributed by atoms with E-state index in [2.05, 4.69) is 30.1 Å². The van der Waals surface area contributed by atoms with Crippen molar-refractivity contribution >= 4 is 33.4 Å². The fraction of sp³-hybridized carbons (Fsp3) is 0. The van der Waals surface area contributed by atoms with Crippen LogP contribution in [0.1, 0.15) is 0 Å². The van der Waals surface area contributed by atoms with Crippen molar-refractivity contribution < 1.29 is 4.39 Å². The van der Waals surface area contributed by atoms with E-state index in [0.29, 0.717) is 28.4 Å². The van der Waals surface area contributed by atoms with Gasteiger partial charge in [0.2, 0.25) is 0 Å². The van der Waals surface area contributed by atoms with E-state index in [1.165, 1.54) is 6.07 Å². The van der Waals surface area contributed by atoms with Crippen molar-refractivity contribution in [3.8, 4) is 33.3 Å². The number of aromatic amines is 2. The first kappa shape index (κ1) is 16.9. The van der Waals surface area contributed by atoms with E-state index in [1.807, 2.05) is 30.3 Å². The van der Waals surface area contributed by atoms with Crippen molar-refractivity contribution in [3.63, 3.8) is 0 Å². The third-order valence-electron chi connectivity index (χ3n) is 4.81. The second-order valence-corrected chi connectivity index (χ2v) is 7.69. The van der Waals surface area contributed by atoms with Crippen LogP contribution >= 0.6 is 11.3 Å². The van der Waals surface area contributed by atoms with Crippen LogP contribution in [0.2, 0.25) is 0 Å². The summed E-state index contributed by atoms with van der Waals surface area (Å²) in [6.07, 6.45) is 5.19. The smallest absolute Gasteiger partial charge is 0.177 e. The molecule has 6 rings (SSSR count). The highest BCUT2D eigenvalue weighted by atomic mass is 32.1. The van der Waals surface area contributed by atoms with Crippen molar-refractivity contribution in [2.75, 3.05) is 0 Å². The molecule has 6 aromatic heterocycles.